The molecule has 0 aliphatic heterocycles. The third-order valence-electron chi connectivity index (χ3n) is 3.50. The average Bonchev–Trinajstić information content (AvgIpc) is 2.59. The molecule has 0 aliphatic rings. The number of carbonyl (C=O) groups excluding carboxylic acids is 1. The number of aromatic hydroxyl groups is 1. The number of aliphatic carboxylic acids is 1. The van der Waals surface area contributed by atoms with Gasteiger partial charge in [0.15, 0.2) is 5.75 Å². The number of nitrogens with one attached hydrogen (secondary N) is 1. The lowest BCUT2D eigenvalue weighted by atomic mass is 10.1. The highest BCUT2D eigenvalue weighted by Gasteiger charge is 2.15. The van der Waals surface area contributed by atoms with Crippen LogP contribution in [-0.4, -0.2) is 35.3 Å². The molecule has 2 aromatic rings. The van der Waals surface area contributed by atoms with Crippen molar-refractivity contribution < 1.29 is 24.5 Å². The maximum Gasteiger partial charge on any atom is 0.305 e. The molecule has 2 aromatic carbocycles. The van der Waals surface area contributed by atoms with E-state index < -0.39 is 11.9 Å². The number of carboxylic acids is 1. The van der Waals surface area contributed by atoms with Gasteiger partial charge < -0.3 is 20.3 Å². The first kappa shape index (κ1) is 21.7. The van der Waals surface area contributed by atoms with Crippen LogP contribution in [0.1, 0.15) is 22.3 Å². The van der Waals surface area contributed by atoms with Gasteiger partial charge in [0.1, 0.15) is 11.5 Å². The third-order valence-corrected chi connectivity index (χ3v) is 5.44. The minimum atomic E-state index is -1.02. The topological polar surface area (TPSA) is 95.9 Å². The summed E-state index contributed by atoms with van der Waals surface area (Å²) in [6, 6.07) is 8.28. The van der Waals surface area contributed by atoms with Gasteiger partial charge in [-0.25, -0.2) is 0 Å². The summed E-state index contributed by atoms with van der Waals surface area (Å²) in [5.41, 5.74) is 1.18. The molecule has 0 saturated carbocycles. The minimum Gasteiger partial charge on any atom is -0.507 e. The van der Waals surface area contributed by atoms with Crippen LogP contribution in [0.25, 0.3) is 0 Å². The maximum atomic E-state index is 12.2. The molecule has 1 unspecified atom stereocenters. The Morgan fingerprint density at radius 2 is 1.85 bits per heavy atom. The first-order valence-electron chi connectivity index (χ1n) is 7.95. The molecule has 2 rings (SSSR count). The van der Waals surface area contributed by atoms with Crippen LogP contribution in [0.5, 0.6) is 17.2 Å². The minimum absolute atomic E-state index is 0.00827. The molecule has 0 aliphatic carbocycles. The number of rotatable bonds is 8. The fourth-order valence-electron chi connectivity index (χ4n) is 2.27. The fourth-order valence-corrected chi connectivity index (χ4v) is 4.33. The van der Waals surface area contributed by atoms with Crippen molar-refractivity contribution in [2.24, 2.45) is 0 Å². The first-order valence-corrected chi connectivity index (χ1v) is 11.2. The largest absolute Gasteiger partial charge is 0.507 e. The van der Waals surface area contributed by atoms with Gasteiger partial charge in [0.2, 0.25) is 0 Å². The van der Waals surface area contributed by atoms with Crippen molar-refractivity contribution in [2.45, 2.75) is 12.6 Å². The van der Waals surface area contributed by atoms with Crippen LogP contribution >= 0.6 is 40.4 Å². The van der Waals surface area contributed by atoms with Crippen molar-refractivity contribution in [3.63, 3.8) is 0 Å². The van der Waals surface area contributed by atoms with E-state index in [-0.39, 0.29) is 24.3 Å². The van der Waals surface area contributed by atoms with E-state index in [0.29, 0.717) is 11.5 Å². The summed E-state index contributed by atoms with van der Waals surface area (Å²) in [6.07, 6.45) is 0.768. The molecule has 6 nitrogen and oxygen atoms in total. The van der Waals surface area contributed by atoms with Crippen LogP contribution in [-0.2, 0) is 11.0 Å². The molecule has 27 heavy (non-hydrogen) atoms. The van der Waals surface area contributed by atoms with E-state index in [0.717, 1.165) is 23.7 Å². The van der Waals surface area contributed by atoms with Crippen molar-refractivity contribution in [3.8, 4) is 17.2 Å². The molecule has 144 valence electrons. The fraction of sp³-hybridized carbons (Fsp3) is 0.222. The van der Waals surface area contributed by atoms with E-state index in [9.17, 15) is 14.7 Å². The Hall–Kier alpha value is -1.63. The Morgan fingerprint density at radius 1 is 1.19 bits per heavy atom. The molecule has 0 fully saturated rings. The van der Waals surface area contributed by atoms with E-state index in [4.69, 9.17) is 9.84 Å². The van der Waals surface area contributed by atoms with Gasteiger partial charge in [0, 0.05) is 6.54 Å². The Bertz CT molecular complexity index is 837. The monoisotopic (exact) mass is 517 g/mol. The highest BCUT2D eigenvalue weighted by molar-refractivity contribution is 9.11. The second kappa shape index (κ2) is 10.1. The number of hydrogen-bond donors (Lipinski definition) is 3. The Morgan fingerprint density at radius 3 is 2.44 bits per heavy atom. The molecular weight excluding hydrogens is 501 g/mol. The number of halogens is 2. The summed E-state index contributed by atoms with van der Waals surface area (Å²) >= 11 is 7.00. The standard InChI is InChI=1S/C18H18Br2NO5P/c1-27-9-10-6-13(19)17(14(20)7-10)26-11-2-3-15(22)12(8-11)18(25)21-5-4-16(23)24/h2-3,6-8,22,27H,4-5,9H2,1H3,(H,21,25)(H,23,24). The predicted octanol–water partition coefficient (Wildman–Crippen LogP) is 4.72. The molecular formula is C18H18Br2NO5P. The van der Waals surface area contributed by atoms with Crippen molar-refractivity contribution >= 4 is 52.3 Å². The zero-order valence-corrected chi connectivity index (χ0v) is 18.6. The lowest BCUT2D eigenvalue weighted by Crippen LogP contribution is -2.26. The summed E-state index contributed by atoms with van der Waals surface area (Å²) in [7, 11) is 0.798. The predicted molar refractivity (Wildman–Crippen MR) is 113 cm³/mol. The van der Waals surface area contributed by atoms with Gasteiger partial charge in [-0.1, -0.05) is 0 Å². The van der Waals surface area contributed by atoms with Gasteiger partial charge >= 0.3 is 5.97 Å². The Kier molecular flexibility index (Phi) is 8.07. The second-order valence-corrected chi connectivity index (χ2v) is 8.37. The zero-order valence-electron chi connectivity index (χ0n) is 14.4. The Balaban J connectivity index is 2.21. The number of amides is 1. The number of carboxylic acid groups (broad SMARTS) is 1. The third kappa shape index (κ3) is 6.19. The average molecular weight is 519 g/mol. The lowest BCUT2D eigenvalue weighted by molar-refractivity contribution is -0.136. The molecule has 0 heterocycles. The van der Waals surface area contributed by atoms with Gasteiger partial charge in [-0.15, -0.1) is 8.58 Å². The van der Waals surface area contributed by atoms with Crippen LogP contribution in [0.15, 0.2) is 39.3 Å². The molecule has 3 N–H and O–H groups in total. The highest BCUT2D eigenvalue weighted by atomic mass is 79.9. The van der Waals surface area contributed by atoms with Crippen molar-refractivity contribution in [2.75, 3.05) is 13.2 Å². The van der Waals surface area contributed by atoms with E-state index >= 15 is 0 Å². The molecule has 0 radical (unpaired) electrons. The van der Waals surface area contributed by atoms with Crippen molar-refractivity contribution in [1.29, 1.82) is 0 Å². The quantitative estimate of drug-likeness (QED) is 0.439. The number of hydrogen-bond acceptors (Lipinski definition) is 4. The van der Waals surface area contributed by atoms with E-state index in [2.05, 4.69) is 43.8 Å². The molecule has 0 bridgehead atoms. The SMILES string of the molecule is CPCc1cc(Br)c(Oc2ccc(O)c(C(=O)NCCC(=O)O)c2)c(Br)c1. The summed E-state index contributed by atoms with van der Waals surface area (Å²) in [5, 5.41) is 21.0. The molecule has 0 spiro atoms. The normalized spacial score (nSPS) is 10.9. The number of phenolic OH excluding ortho intramolecular Hbond substituents is 1. The van der Waals surface area contributed by atoms with Gasteiger partial charge in [0.25, 0.3) is 5.91 Å². The van der Waals surface area contributed by atoms with Crippen LogP contribution in [0.4, 0.5) is 0 Å². The lowest BCUT2D eigenvalue weighted by Gasteiger charge is -2.13. The highest BCUT2D eigenvalue weighted by Crippen LogP contribution is 2.39. The Labute approximate surface area is 175 Å². The first-order chi connectivity index (χ1) is 12.8. The smallest absolute Gasteiger partial charge is 0.305 e. The summed E-state index contributed by atoms with van der Waals surface area (Å²) < 4.78 is 7.42. The van der Waals surface area contributed by atoms with Crippen LogP contribution < -0.4 is 10.1 Å². The number of phenols is 1. The summed E-state index contributed by atoms with van der Waals surface area (Å²) in [5.74, 6) is -0.883. The molecule has 0 saturated heterocycles. The zero-order chi connectivity index (χ0) is 20.0. The van der Waals surface area contributed by atoms with Crippen molar-refractivity contribution in [3.05, 3.63) is 50.4 Å². The van der Waals surface area contributed by atoms with Crippen LogP contribution in [0, 0.1) is 0 Å². The maximum absolute atomic E-state index is 12.2. The van der Waals surface area contributed by atoms with E-state index in [1.165, 1.54) is 17.7 Å². The van der Waals surface area contributed by atoms with Gasteiger partial charge in [-0.3, -0.25) is 9.59 Å². The summed E-state index contributed by atoms with van der Waals surface area (Å²) in [4.78, 5) is 22.7. The van der Waals surface area contributed by atoms with Gasteiger partial charge in [0.05, 0.1) is 20.9 Å². The molecule has 9 heteroatoms. The molecule has 0 aromatic heterocycles. The van der Waals surface area contributed by atoms with E-state index in [1.54, 1.807) is 6.07 Å². The molecule has 1 atom stereocenters. The number of ether oxygens (including phenoxy) is 1. The van der Waals surface area contributed by atoms with Crippen LogP contribution in [0.3, 0.4) is 0 Å². The van der Waals surface area contributed by atoms with Crippen LogP contribution in [0.2, 0.25) is 0 Å². The number of carbonyl (C=O) groups is 2. The van der Waals surface area contributed by atoms with Gasteiger partial charge in [-0.2, -0.15) is 0 Å². The van der Waals surface area contributed by atoms with E-state index in [1.807, 2.05) is 12.1 Å². The van der Waals surface area contributed by atoms with Gasteiger partial charge in [-0.05, 0) is 80.6 Å². The number of benzene rings is 2. The second-order valence-electron chi connectivity index (χ2n) is 5.60. The summed E-state index contributed by atoms with van der Waals surface area (Å²) in [6.45, 7) is 2.10. The van der Waals surface area contributed by atoms with Crippen molar-refractivity contribution in [1.82, 2.24) is 5.32 Å². The molecule has 1 amide bonds.